The molecule has 0 fully saturated rings. The largest absolute Gasteiger partial charge is 0.327 e. The summed E-state index contributed by atoms with van der Waals surface area (Å²) in [6.45, 7) is 12.2. The molecule has 0 aliphatic rings. The minimum absolute atomic E-state index is 0.0912. The molecular weight excluding hydrogens is 208 g/mol. The van der Waals surface area contributed by atoms with Gasteiger partial charge >= 0.3 is 0 Å². The first-order chi connectivity index (χ1) is 7.89. The summed E-state index contributed by atoms with van der Waals surface area (Å²) in [4.78, 5) is 4.80. The number of imidazole rings is 1. The standard InChI is InChI=1S/C15H22N2/c1-11(2)10-17-13-9-7-6-8-12(13)16-14(17)15(3,4)5/h6-9,11H,10H2,1-5H3. The zero-order chi connectivity index (χ0) is 12.6. The Morgan fingerprint density at radius 3 is 2.41 bits per heavy atom. The Bertz CT molecular complexity index is 515. The van der Waals surface area contributed by atoms with Gasteiger partial charge in [-0.25, -0.2) is 4.98 Å². The van der Waals surface area contributed by atoms with Crippen LogP contribution in [0.2, 0.25) is 0 Å². The molecule has 0 N–H and O–H groups in total. The number of hydrogen-bond acceptors (Lipinski definition) is 1. The SMILES string of the molecule is CC(C)Cn1c(C(C)(C)C)nc2ccccc21. The molecule has 0 unspecified atom stereocenters. The molecule has 0 amide bonds. The Morgan fingerprint density at radius 1 is 1.18 bits per heavy atom. The quantitative estimate of drug-likeness (QED) is 0.762. The van der Waals surface area contributed by atoms with Gasteiger partial charge in [0.25, 0.3) is 0 Å². The van der Waals surface area contributed by atoms with Gasteiger partial charge in [0.05, 0.1) is 11.0 Å². The molecule has 17 heavy (non-hydrogen) atoms. The summed E-state index contributed by atoms with van der Waals surface area (Å²) in [7, 11) is 0. The highest BCUT2D eigenvalue weighted by Gasteiger charge is 2.22. The van der Waals surface area contributed by atoms with Crippen molar-refractivity contribution in [2.24, 2.45) is 5.92 Å². The summed E-state index contributed by atoms with van der Waals surface area (Å²) in [6, 6.07) is 8.41. The number of benzene rings is 1. The van der Waals surface area contributed by atoms with Crippen LogP contribution in [0.1, 0.15) is 40.4 Å². The van der Waals surface area contributed by atoms with E-state index in [2.05, 4.69) is 63.5 Å². The highest BCUT2D eigenvalue weighted by atomic mass is 15.1. The fraction of sp³-hybridized carbons (Fsp3) is 0.533. The second-order valence-electron chi connectivity index (χ2n) is 6.18. The zero-order valence-corrected chi connectivity index (χ0v) is 11.5. The fourth-order valence-corrected chi connectivity index (χ4v) is 2.20. The third kappa shape index (κ3) is 2.36. The molecule has 0 spiro atoms. The highest BCUT2D eigenvalue weighted by Crippen LogP contribution is 2.27. The van der Waals surface area contributed by atoms with Gasteiger partial charge in [0, 0.05) is 12.0 Å². The lowest BCUT2D eigenvalue weighted by atomic mass is 9.95. The van der Waals surface area contributed by atoms with Gasteiger partial charge < -0.3 is 4.57 Å². The molecule has 2 heteroatoms. The Labute approximate surface area is 104 Å². The van der Waals surface area contributed by atoms with E-state index in [1.165, 1.54) is 11.3 Å². The molecule has 0 atom stereocenters. The molecular formula is C15H22N2. The summed E-state index contributed by atoms with van der Waals surface area (Å²) >= 11 is 0. The molecule has 0 bridgehead atoms. The predicted molar refractivity (Wildman–Crippen MR) is 73.3 cm³/mol. The normalized spacial score (nSPS) is 12.6. The first kappa shape index (κ1) is 12.2. The molecule has 2 aromatic rings. The first-order valence-electron chi connectivity index (χ1n) is 6.35. The smallest absolute Gasteiger partial charge is 0.115 e. The van der Waals surface area contributed by atoms with E-state index in [1.54, 1.807) is 0 Å². The predicted octanol–water partition coefficient (Wildman–Crippen LogP) is 3.99. The van der Waals surface area contributed by atoms with Crippen LogP contribution in [0.3, 0.4) is 0 Å². The van der Waals surface area contributed by atoms with Gasteiger partial charge in [-0.15, -0.1) is 0 Å². The topological polar surface area (TPSA) is 17.8 Å². The third-order valence-corrected chi connectivity index (χ3v) is 2.87. The lowest BCUT2D eigenvalue weighted by Crippen LogP contribution is -2.20. The van der Waals surface area contributed by atoms with Crippen LogP contribution in [0.25, 0.3) is 11.0 Å². The number of hydrogen-bond donors (Lipinski definition) is 0. The maximum atomic E-state index is 4.80. The van der Waals surface area contributed by atoms with Crippen LogP contribution in [0.5, 0.6) is 0 Å². The maximum absolute atomic E-state index is 4.80. The van der Waals surface area contributed by atoms with Gasteiger partial charge in [0.15, 0.2) is 0 Å². The molecule has 0 aliphatic heterocycles. The molecule has 0 aliphatic carbocycles. The average Bonchev–Trinajstić information content (AvgIpc) is 2.56. The molecule has 0 saturated carbocycles. The van der Waals surface area contributed by atoms with Crippen LogP contribution in [0.4, 0.5) is 0 Å². The number of para-hydroxylation sites is 2. The fourth-order valence-electron chi connectivity index (χ4n) is 2.20. The van der Waals surface area contributed by atoms with Gasteiger partial charge in [-0.1, -0.05) is 46.8 Å². The summed E-state index contributed by atoms with van der Waals surface area (Å²) in [5.41, 5.74) is 2.46. The number of aromatic nitrogens is 2. The zero-order valence-electron chi connectivity index (χ0n) is 11.5. The van der Waals surface area contributed by atoms with Crippen LogP contribution in [-0.4, -0.2) is 9.55 Å². The van der Waals surface area contributed by atoms with Gasteiger partial charge in [0.2, 0.25) is 0 Å². The monoisotopic (exact) mass is 230 g/mol. The molecule has 1 aromatic carbocycles. The highest BCUT2D eigenvalue weighted by molar-refractivity contribution is 5.76. The van der Waals surface area contributed by atoms with Crippen molar-refractivity contribution in [3.63, 3.8) is 0 Å². The molecule has 0 saturated heterocycles. The Hall–Kier alpha value is -1.31. The van der Waals surface area contributed by atoms with E-state index >= 15 is 0 Å². The van der Waals surface area contributed by atoms with E-state index in [-0.39, 0.29) is 5.41 Å². The van der Waals surface area contributed by atoms with Crippen molar-refractivity contribution in [2.75, 3.05) is 0 Å². The van der Waals surface area contributed by atoms with Crippen molar-refractivity contribution >= 4 is 11.0 Å². The number of nitrogens with zero attached hydrogens (tertiary/aromatic N) is 2. The van der Waals surface area contributed by atoms with E-state index in [0.717, 1.165) is 12.1 Å². The van der Waals surface area contributed by atoms with E-state index in [1.807, 2.05) is 0 Å². The third-order valence-electron chi connectivity index (χ3n) is 2.87. The Kier molecular flexibility index (Phi) is 2.98. The van der Waals surface area contributed by atoms with Crippen LogP contribution in [0, 0.1) is 5.92 Å². The van der Waals surface area contributed by atoms with Crippen molar-refractivity contribution in [1.29, 1.82) is 0 Å². The van der Waals surface area contributed by atoms with Crippen LogP contribution in [-0.2, 0) is 12.0 Å². The van der Waals surface area contributed by atoms with E-state index in [0.29, 0.717) is 5.92 Å². The van der Waals surface area contributed by atoms with Crippen molar-refractivity contribution in [1.82, 2.24) is 9.55 Å². The van der Waals surface area contributed by atoms with E-state index in [9.17, 15) is 0 Å². The Balaban J connectivity index is 2.65. The van der Waals surface area contributed by atoms with E-state index in [4.69, 9.17) is 4.98 Å². The number of rotatable bonds is 2. The van der Waals surface area contributed by atoms with Crippen molar-refractivity contribution in [3.05, 3.63) is 30.1 Å². The van der Waals surface area contributed by atoms with Crippen molar-refractivity contribution in [3.8, 4) is 0 Å². The summed E-state index contributed by atoms with van der Waals surface area (Å²) in [5, 5.41) is 0. The molecule has 2 rings (SSSR count). The van der Waals surface area contributed by atoms with Gasteiger partial charge in [-0.3, -0.25) is 0 Å². The van der Waals surface area contributed by atoms with Gasteiger partial charge in [0.1, 0.15) is 5.82 Å². The maximum Gasteiger partial charge on any atom is 0.115 e. The van der Waals surface area contributed by atoms with Gasteiger partial charge in [-0.05, 0) is 18.1 Å². The summed E-state index contributed by atoms with van der Waals surface area (Å²) in [5.74, 6) is 1.82. The molecule has 92 valence electrons. The first-order valence-corrected chi connectivity index (χ1v) is 6.35. The second kappa shape index (κ2) is 4.17. The lowest BCUT2D eigenvalue weighted by Gasteiger charge is -2.21. The van der Waals surface area contributed by atoms with Crippen molar-refractivity contribution < 1.29 is 0 Å². The average molecular weight is 230 g/mol. The Morgan fingerprint density at radius 2 is 1.82 bits per heavy atom. The van der Waals surface area contributed by atoms with Crippen LogP contribution in [0.15, 0.2) is 24.3 Å². The molecule has 0 radical (unpaired) electrons. The van der Waals surface area contributed by atoms with Crippen LogP contribution >= 0.6 is 0 Å². The minimum atomic E-state index is 0.0912. The van der Waals surface area contributed by atoms with Crippen LogP contribution < -0.4 is 0 Å². The van der Waals surface area contributed by atoms with Gasteiger partial charge in [-0.2, -0.15) is 0 Å². The molecule has 2 nitrogen and oxygen atoms in total. The lowest BCUT2D eigenvalue weighted by molar-refractivity contribution is 0.459. The van der Waals surface area contributed by atoms with E-state index < -0.39 is 0 Å². The number of fused-ring (bicyclic) bond motifs is 1. The summed E-state index contributed by atoms with van der Waals surface area (Å²) < 4.78 is 2.38. The molecule has 1 aromatic heterocycles. The molecule has 1 heterocycles. The summed E-state index contributed by atoms with van der Waals surface area (Å²) in [6.07, 6.45) is 0. The van der Waals surface area contributed by atoms with Crippen molar-refractivity contribution in [2.45, 2.75) is 46.6 Å². The second-order valence-corrected chi connectivity index (χ2v) is 6.18. The minimum Gasteiger partial charge on any atom is -0.327 e.